The summed E-state index contributed by atoms with van der Waals surface area (Å²) in [5.41, 5.74) is 1.24. The second-order valence-corrected chi connectivity index (χ2v) is 10.7. The molecule has 0 radical (unpaired) electrons. The van der Waals surface area contributed by atoms with Crippen LogP contribution in [0, 0.1) is 0 Å². The summed E-state index contributed by atoms with van der Waals surface area (Å²) in [5.74, 6) is 0. The van der Waals surface area contributed by atoms with E-state index in [2.05, 4.69) is 49.2 Å². The molecule has 2 N–H and O–H groups in total. The molecule has 0 spiro atoms. The summed E-state index contributed by atoms with van der Waals surface area (Å²) >= 11 is 0. The van der Waals surface area contributed by atoms with Crippen LogP contribution in [0.3, 0.4) is 0 Å². The van der Waals surface area contributed by atoms with Gasteiger partial charge in [-0.25, -0.2) is 0 Å². The molecule has 4 heteroatoms. The summed E-state index contributed by atoms with van der Waals surface area (Å²) in [4.78, 5) is 0. The van der Waals surface area contributed by atoms with E-state index in [0.29, 0.717) is 6.61 Å². The Kier molecular flexibility index (Phi) is 6.01. The minimum atomic E-state index is -1.20. The van der Waals surface area contributed by atoms with Gasteiger partial charge in [0.2, 0.25) is 0 Å². The molecule has 0 aromatic heterocycles. The van der Waals surface area contributed by atoms with Crippen molar-refractivity contribution in [3.8, 4) is 0 Å². The number of aliphatic hydroxyl groups excluding tert-OH is 1. The lowest BCUT2D eigenvalue weighted by atomic mass is 10.2. The van der Waals surface area contributed by atoms with E-state index < -0.39 is 8.07 Å². The third-order valence-electron chi connectivity index (χ3n) is 3.00. The molecule has 1 atom stereocenters. The highest BCUT2D eigenvalue weighted by Crippen LogP contribution is 2.04. The van der Waals surface area contributed by atoms with Crippen molar-refractivity contribution in [2.75, 3.05) is 20.3 Å². The Morgan fingerprint density at radius 3 is 2.28 bits per heavy atom. The van der Waals surface area contributed by atoms with Crippen molar-refractivity contribution in [3.63, 3.8) is 0 Å². The zero-order valence-corrected chi connectivity index (χ0v) is 12.9. The molecule has 0 saturated heterocycles. The lowest BCUT2D eigenvalue weighted by Gasteiger charge is -2.18. The van der Waals surface area contributed by atoms with Gasteiger partial charge in [-0.15, -0.1) is 0 Å². The van der Waals surface area contributed by atoms with E-state index >= 15 is 0 Å². The third-order valence-corrected chi connectivity index (χ3v) is 5.07. The van der Waals surface area contributed by atoms with Crippen LogP contribution in [-0.4, -0.2) is 39.5 Å². The number of hydrogen-bond acceptors (Lipinski definition) is 3. The van der Waals surface area contributed by atoms with Gasteiger partial charge in [0.15, 0.2) is 0 Å². The van der Waals surface area contributed by atoms with E-state index in [9.17, 15) is 0 Å². The summed E-state index contributed by atoms with van der Waals surface area (Å²) < 4.78 is 5.03. The van der Waals surface area contributed by atoms with Crippen molar-refractivity contribution in [2.45, 2.75) is 32.2 Å². The van der Waals surface area contributed by atoms with Gasteiger partial charge in [-0.2, -0.15) is 0 Å². The number of methoxy groups -OCH3 is 1. The van der Waals surface area contributed by atoms with Crippen LogP contribution < -0.4 is 10.5 Å². The van der Waals surface area contributed by atoms with Gasteiger partial charge in [-0.1, -0.05) is 49.1 Å². The minimum Gasteiger partial charge on any atom is -0.395 e. The third kappa shape index (κ3) is 4.90. The van der Waals surface area contributed by atoms with Gasteiger partial charge in [-0.3, -0.25) is 0 Å². The van der Waals surface area contributed by atoms with E-state index in [4.69, 9.17) is 9.84 Å². The van der Waals surface area contributed by atoms with Gasteiger partial charge in [0.25, 0.3) is 0 Å². The Hall–Kier alpha value is -0.683. The Labute approximate surface area is 111 Å². The minimum absolute atomic E-state index is 0.00617. The second-order valence-electron chi connectivity index (χ2n) is 5.66. The van der Waals surface area contributed by atoms with Crippen LogP contribution in [-0.2, 0) is 11.3 Å². The topological polar surface area (TPSA) is 41.5 Å². The lowest BCUT2D eigenvalue weighted by molar-refractivity contribution is 0.128. The highest BCUT2D eigenvalue weighted by atomic mass is 28.3. The zero-order chi connectivity index (χ0) is 13.6. The summed E-state index contributed by atoms with van der Waals surface area (Å²) in [6, 6.07) is 8.80. The maximum atomic E-state index is 9.15. The molecule has 0 bridgehead atoms. The molecule has 0 aliphatic carbocycles. The van der Waals surface area contributed by atoms with Crippen LogP contribution in [0.4, 0.5) is 0 Å². The van der Waals surface area contributed by atoms with Crippen molar-refractivity contribution in [2.24, 2.45) is 0 Å². The molecular formula is C14H25NO2Si. The van der Waals surface area contributed by atoms with Crippen molar-refractivity contribution in [3.05, 3.63) is 29.8 Å². The SMILES string of the molecule is COCC(CO)NCc1ccc([Si](C)(C)C)cc1. The Bertz CT molecular complexity index is 346. The van der Waals surface area contributed by atoms with Gasteiger partial charge in [0.05, 0.1) is 27.3 Å². The predicted molar refractivity (Wildman–Crippen MR) is 79.0 cm³/mol. The zero-order valence-electron chi connectivity index (χ0n) is 11.9. The number of hydrogen-bond donors (Lipinski definition) is 2. The van der Waals surface area contributed by atoms with Crippen molar-refractivity contribution >= 4 is 13.3 Å². The summed E-state index contributed by atoms with van der Waals surface area (Å²) in [5, 5.41) is 13.9. The molecule has 0 fully saturated rings. The molecule has 1 aromatic carbocycles. The number of rotatable bonds is 7. The van der Waals surface area contributed by atoms with Gasteiger partial charge < -0.3 is 15.2 Å². The number of nitrogens with one attached hydrogen (secondary N) is 1. The summed E-state index contributed by atoms with van der Waals surface area (Å²) in [6.07, 6.45) is 0. The van der Waals surface area contributed by atoms with Gasteiger partial charge in [0, 0.05) is 13.7 Å². The van der Waals surface area contributed by atoms with Gasteiger partial charge in [-0.05, 0) is 5.56 Å². The van der Waals surface area contributed by atoms with Crippen LogP contribution >= 0.6 is 0 Å². The standard InChI is InChI=1S/C14H25NO2Si/c1-17-11-13(10-16)15-9-12-5-7-14(8-6-12)18(2,3)4/h5-8,13,15-16H,9-11H2,1-4H3. The fourth-order valence-corrected chi connectivity index (χ4v) is 2.93. The molecule has 3 nitrogen and oxygen atoms in total. The van der Waals surface area contributed by atoms with E-state index in [-0.39, 0.29) is 12.6 Å². The molecule has 0 aliphatic rings. The maximum Gasteiger partial charge on any atom is 0.0775 e. The molecule has 0 amide bonds. The Morgan fingerprint density at radius 1 is 1.22 bits per heavy atom. The average Bonchev–Trinajstić information content (AvgIpc) is 2.34. The highest BCUT2D eigenvalue weighted by Gasteiger charge is 2.15. The number of aliphatic hydroxyl groups is 1. The molecule has 18 heavy (non-hydrogen) atoms. The first-order valence-corrected chi connectivity index (χ1v) is 9.90. The number of ether oxygens (including phenoxy) is 1. The smallest absolute Gasteiger partial charge is 0.0775 e. The monoisotopic (exact) mass is 267 g/mol. The van der Waals surface area contributed by atoms with Crippen molar-refractivity contribution in [1.29, 1.82) is 0 Å². The summed E-state index contributed by atoms with van der Waals surface area (Å²) in [7, 11) is 0.445. The largest absolute Gasteiger partial charge is 0.395 e. The van der Waals surface area contributed by atoms with Crippen LogP contribution in [0.5, 0.6) is 0 Å². The van der Waals surface area contributed by atoms with E-state index in [1.54, 1.807) is 7.11 Å². The van der Waals surface area contributed by atoms with Crippen LogP contribution in [0.2, 0.25) is 19.6 Å². The lowest BCUT2D eigenvalue weighted by Crippen LogP contribution is -2.38. The first kappa shape index (κ1) is 15.4. The van der Waals surface area contributed by atoms with E-state index in [0.717, 1.165) is 6.54 Å². The average molecular weight is 267 g/mol. The maximum absolute atomic E-state index is 9.15. The van der Waals surface area contributed by atoms with Crippen molar-refractivity contribution in [1.82, 2.24) is 5.32 Å². The molecule has 1 rings (SSSR count). The molecule has 102 valence electrons. The summed E-state index contributed by atoms with van der Waals surface area (Å²) in [6.45, 7) is 8.44. The first-order chi connectivity index (χ1) is 8.47. The number of benzene rings is 1. The first-order valence-electron chi connectivity index (χ1n) is 6.40. The molecule has 0 aliphatic heterocycles. The van der Waals surface area contributed by atoms with E-state index in [1.807, 2.05) is 0 Å². The highest BCUT2D eigenvalue weighted by molar-refractivity contribution is 6.88. The fraction of sp³-hybridized carbons (Fsp3) is 0.571. The van der Waals surface area contributed by atoms with E-state index in [1.165, 1.54) is 10.8 Å². The molecule has 1 unspecified atom stereocenters. The molecule has 0 heterocycles. The van der Waals surface area contributed by atoms with Crippen LogP contribution in [0.1, 0.15) is 5.56 Å². The van der Waals surface area contributed by atoms with Crippen LogP contribution in [0.25, 0.3) is 0 Å². The van der Waals surface area contributed by atoms with Crippen LogP contribution in [0.15, 0.2) is 24.3 Å². The second kappa shape index (κ2) is 7.04. The quantitative estimate of drug-likeness (QED) is 0.732. The van der Waals surface area contributed by atoms with Crippen molar-refractivity contribution < 1.29 is 9.84 Å². The fourth-order valence-electron chi connectivity index (χ4n) is 1.76. The van der Waals surface area contributed by atoms with Gasteiger partial charge in [0.1, 0.15) is 0 Å². The molecule has 0 saturated carbocycles. The predicted octanol–water partition coefficient (Wildman–Crippen LogP) is 1.33. The Morgan fingerprint density at radius 2 is 1.83 bits per heavy atom. The van der Waals surface area contributed by atoms with Gasteiger partial charge >= 0.3 is 0 Å². The molecule has 1 aromatic rings. The normalized spacial score (nSPS) is 13.6. The molecular weight excluding hydrogens is 242 g/mol. The Balaban J connectivity index is 2.53.